The Hall–Kier alpha value is -4.35. The van der Waals surface area contributed by atoms with Crippen molar-refractivity contribution in [3.8, 4) is 0 Å². The topological polar surface area (TPSA) is 122 Å². The number of carbonyl (C=O) groups is 2. The van der Waals surface area contributed by atoms with E-state index in [0.29, 0.717) is 53.1 Å². The third-order valence-corrected chi connectivity index (χ3v) is 12.0. The summed E-state index contributed by atoms with van der Waals surface area (Å²) in [6, 6.07) is 20.2. The lowest BCUT2D eigenvalue weighted by Crippen LogP contribution is -2.65. The fourth-order valence-corrected chi connectivity index (χ4v) is 8.92. The predicted octanol–water partition coefficient (Wildman–Crippen LogP) is 6.18. The molecule has 0 radical (unpaired) electrons. The molecule has 4 aromatic rings. The highest BCUT2D eigenvalue weighted by Gasteiger charge is 2.68. The number of aryl methyl sites for hydroxylation is 1. The van der Waals surface area contributed by atoms with E-state index in [1.807, 2.05) is 42.5 Å². The van der Waals surface area contributed by atoms with Crippen molar-refractivity contribution >= 4 is 29.7 Å². The highest BCUT2D eigenvalue weighted by atomic mass is 19.1. The van der Waals surface area contributed by atoms with Crippen molar-refractivity contribution < 1.29 is 23.3 Å². The van der Waals surface area contributed by atoms with Crippen LogP contribution >= 0.6 is 0 Å². The lowest BCUT2D eigenvalue weighted by atomic mass is 9.43. The van der Waals surface area contributed by atoms with Crippen molar-refractivity contribution in [1.29, 1.82) is 0 Å². The Kier molecular flexibility index (Phi) is 9.86. The number of rotatable bonds is 12. The normalized spacial score (nSPS) is 24.2. The molecule has 4 aliphatic rings. The molecule has 1 saturated heterocycles. The van der Waals surface area contributed by atoms with Crippen molar-refractivity contribution in [2.24, 2.45) is 23.2 Å². The van der Waals surface area contributed by atoms with Crippen molar-refractivity contribution in [2.45, 2.75) is 96.8 Å². The minimum atomic E-state index is -0.957. The molecule has 2 bridgehead atoms. The van der Waals surface area contributed by atoms with Crippen LogP contribution in [0.2, 0.25) is 0 Å². The number of hydrogen-bond acceptors (Lipinski definition) is 6. The van der Waals surface area contributed by atoms with Gasteiger partial charge in [0.2, 0.25) is 5.91 Å². The van der Waals surface area contributed by atoms with Crippen LogP contribution in [0.3, 0.4) is 0 Å². The van der Waals surface area contributed by atoms with E-state index in [-0.39, 0.29) is 40.9 Å². The lowest BCUT2D eigenvalue weighted by Gasteiger charge is -2.64. The standard InChI is InChI=1S/C41H48BFN4O5/c1-24(2)19-36(42-51-35-23-27-22-34(40(27,3)4)41(35,5)52-42)45-39(50)32(18-16-25-11-7-6-8-12-25)44-37(48)30-20-26(15-17-31(30)43)21-33-28-13-9-10-14-29(28)38(49)47-46-33/h6-15,17,20,24,27,32,34-36H,16,18-19,21-23H2,1-5H3,(H,44,48)(H,45,50)(H,47,49)/t27-,32-,34-,35+,36-,41-/m0/s1. The largest absolute Gasteiger partial charge is 0.481 e. The van der Waals surface area contributed by atoms with Gasteiger partial charge in [-0.05, 0) is 91.5 Å². The van der Waals surface area contributed by atoms with Gasteiger partial charge in [-0.15, -0.1) is 0 Å². The number of nitrogens with zero attached hydrogens (tertiary/aromatic N) is 1. The molecule has 6 atom stereocenters. The van der Waals surface area contributed by atoms with Gasteiger partial charge in [0, 0.05) is 11.8 Å². The molecule has 0 unspecified atom stereocenters. The molecule has 0 spiro atoms. The summed E-state index contributed by atoms with van der Waals surface area (Å²) >= 11 is 0. The van der Waals surface area contributed by atoms with Crippen LogP contribution < -0.4 is 16.2 Å². The van der Waals surface area contributed by atoms with E-state index < -0.39 is 36.4 Å². The van der Waals surface area contributed by atoms with Crippen LogP contribution in [-0.4, -0.2) is 52.8 Å². The predicted molar refractivity (Wildman–Crippen MR) is 199 cm³/mol. The second-order valence-electron chi connectivity index (χ2n) is 16.2. The van der Waals surface area contributed by atoms with Crippen molar-refractivity contribution in [3.63, 3.8) is 0 Å². The quantitative estimate of drug-likeness (QED) is 0.151. The van der Waals surface area contributed by atoms with Gasteiger partial charge in [-0.3, -0.25) is 14.4 Å². The Morgan fingerprint density at radius 2 is 1.71 bits per heavy atom. The molecule has 3 saturated carbocycles. The maximum atomic E-state index is 15.3. The van der Waals surface area contributed by atoms with E-state index in [0.717, 1.165) is 18.4 Å². The molecule has 1 aromatic heterocycles. The van der Waals surface area contributed by atoms with Crippen molar-refractivity contribution in [1.82, 2.24) is 20.8 Å². The molecule has 11 heteroatoms. The van der Waals surface area contributed by atoms with Gasteiger partial charge < -0.3 is 19.9 Å². The van der Waals surface area contributed by atoms with E-state index in [2.05, 4.69) is 55.4 Å². The van der Waals surface area contributed by atoms with E-state index >= 15 is 4.39 Å². The van der Waals surface area contributed by atoms with Crippen LogP contribution in [0.25, 0.3) is 10.8 Å². The smallest absolute Gasteiger partial charge is 0.404 e. The molecule has 3 aromatic carbocycles. The van der Waals surface area contributed by atoms with Crippen molar-refractivity contribution in [2.75, 3.05) is 0 Å². The first kappa shape index (κ1) is 36.0. The second-order valence-corrected chi connectivity index (χ2v) is 16.2. The molecule has 272 valence electrons. The maximum Gasteiger partial charge on any atom is 0.481 e. The molecular weight excluding hydrogens is 658 g/mol. The molecule has 3 N–H and O–H groups in total. The van der Waals surface area contributed by atoms with Crippen LogP contribution in [-0.2, 0) is 26.9 Å². The van der Waals surface area contributed by atoms with Crippen LogP contribution in [0, 0.1) is 29.0 Å². The van der Waals surface area contributed by atoms with E-state index in [1.54, 1.807) is 18.2 Å². The van der Waals surface area contributed by atoms with E-state index in [4.69, 9.17) is 9.31 Å². The summed E-state index contributed by atoms with van der Waals surface area (Å²) in [6.07, 6.45) is 3.74. The van der Waals surface area contributed by atoms with Crippen molar-refractivity contribution in [3.05, 3.63) is 111 Å². The van der Waals surface area contributed by atoms with Gasteiger partial charge in [0.1, 0.15) is 11.9 Å². The third-order valence-electron chi connectivity index (χ3n) is 12.0. The minimum absolute atomic E-state index is 0.0333. The average Bonchev–Trinajstić information content (AvgIpc) is 3.49. The first-order valence-corrected chi connectivity index (χ1v) is 18.6. The summed E-state index contributed by atoms with van der Waals surface area (Å²) < 4.78 is 28.7. The van der Waals surface area contributed by atoms with Crippen LogP contribution in [0.4, 0.5) is 4.39 Å². The molecule has 8 rings (SSSR count). The molecule has 4 fully saturated rings. The summed E-state index contributed by atoms with van der Waals surface area (Å²) in [5, 5.41) is 14.0. The Balaban J connectivity index is 1.11. The number of H-pyrrole nitrogens is 1. The Morgan fingerprint density at radius 3 is 2.44 bits per heavy atom. The van der Waals surface area contributed by atoms with Gasteiger partial charge in [-0.1, -0.05) is 82.3 Å². The highest BCUT2D eigenvalue weighted by molar-refractivity contribution is 6.48. The number of amides is 2. The summed E-state index contributed by atoms with van der Waals surface area (Å²) in [4.78, 5) is 40.4. The van der Waals surface area contributed by atoms with Gasteiger partial charge in [-0.2, -0.15) is 5.10 Å². The van der Waals surface area contributed by atoms with E-state index in [9.17, 15) is 14.4 Å². The molecule has 9 nitrogen and oxygen atoms in total. The van der Waals surface area contributed by atoms with Crippen LogP contribution in [0.15, 0.2) is 77.6 Å². The minimum Gasteiger partial charge on any atom is -0.404 e. The van der Waals surface area contributed by atoms with Crippen LogP contribution in [0.5, 0.6) is 0 Å². The SMILES string of the molecule is CC(C)C[C@H](NC(=O)[C@H](CCc1ccccc1)NC(=O)c1cc(Cc2n[nH]c(=O)c3ccccc23)ccc1F)B1O[C@@H]2C[C@@H]3C[C@@H](C3(C)C)[C@]2(C)O1. The summed E-state index contributed by atoms with van der Waals surface area (Å²) in [5.41, 5.74) is 1.52. The van der Waals surface area contributed by atoms with Gasteiger partial charge in [-0.25, -0.2) is 9.49 Å². The number of nitrogens with one attached hydrogen (secondary N) is 3. The zero-order valence-electron chi connectivity index (χ0n) is 30.6. The Bertz CT molecular complexity index is 2020. The van der Waals surface area contributed by atoms with Gasteiger partial charge in [0.15, 0.2) is 0 Å². The van der Waals surface area contributed by atoms with Gasteiger partial charge in [0.05, 0.1) is 34.3 Å². The number of carbonyl (C=O) groups excluding carboxylic acids is 2. The second kappa shape index (κ2) is 14.2. The molecule has 2 amide bonds. The average molecular weight is 707 g/mol. The number of aromatic amines is 1. The lowest BCUT2D eigenvalue weighted by molar-refractivity contribution is -0.199. The van der Waals surface area contributed by atoms with Crippen LogP contribution in [0.1, 0.15) is 87.5 Å². The first-order chi connectivity index (χ1) is 24.8. The van der Waals surface area contributed by atoms with Gasteiger partial charge in [0.25, 0.3) is 11.5 Å². The number of hydrogen-bond donors (Lipinski definition) is 3. The van der Waals surface area contributed by atoms with Gasteiger partial charge >= 0.3 is 7.12 Å². The number of fused-ring (bicyclic) bond motifs is 1. The fourth-order valence-electron chi connectivity index (χ4n) is 8.92. The first-order valence-electron chi connectivity index (χ1n) is 18.6. The fraction of sp³-hybridized carbons (Fsp3) is 0.463. The Labute approximate surface area is 304 Å². The molecule has 1 aliphatic heterocycles. The Morgan fingerprint density at radius 1 is 0.981 bits per heavy atom. The van der Waals surface area contributed by atoms with E-state index in [1.165, 1.54) is 12.1 Å². The molecular formula is C41H48BFN4O5. The maximum absolute atomic E-state index is 15.3. The number of halogens is 1. The zero-order valence-corrected chi connectivity index (χ0v) is 30.6. The molecule has 52 heavy (non-hydrogen) atoms. The molecule has 3 aliphatic carbocycles. The highest BCUT2D eigenvalue weighted by Crippen LogP contribution is 2.65. The zero-order chi connectivity index (χ0) is 36.8. The number of aromatic nitrogens is 2. The number of benzene rings is 3. The monoisotopic (exact) mass is 706 g/mol. The molecule has 2 heterocycles. The summed E-state index contributed by atoms with van der Waals surface area (Å²) in [6.45, 7) is 11.0. The summed E-state index contributed by atoms with van der Waals surface area (Å²) in [7, 11) is -0.617. The summed E-state index contributed by atoms with van der Waals surface area (Å²) in [5.74, 6) is -0.989. The third kappa shape index (κ3) is 6.93.